The third kappa shape index (κ3) is 5.46. The first kappa shape index (κ1) is 36.0. The second-order valence-electron chi connectivity index (χ2n) is 17.6. The van der Waals surface area contributed by atoms with E-state index in [1.165, 1.54) is 131 Å². The van der Waals surface area contributed by atoms with Crippen molar-refractivity contribution in [1.82, 2.24) is 4.57 Å². The summed E-state index contributed by atoms with van der Waals surface area (Å²) in [7, 11) is 0. The lowest BCUT2D eigenvalue weighted by Gasteiger charge is -2.19. The normalized spacial score (nSPS) is 12.0. The monoisotopic (exact) mass is 821 g/mol. The highest BCUT2D eigenvalue weighted by molar-refractivity contribution is 6.29. The molecule has 0 aliphatic carbocycles. The molecule has 14 aromatic rings. The molecule has 0 spiro atoms. The van der Waals surface area contributed by atoms with E-state index in [1.807, 2.05) is 0 Å². The fraction of sp³-hybridized carbons (Fsp3) is 0. The molecule has 0 aliphatic rings. The van der Waals surface area contributed by atoms with Gasteiger partial charge in [0.05, 0.1) is 11.0 Å². The van der Waals surface area contributed by atoms with Gasteiger partial charge >= 0.3 is 0 Å². The summed E-state index contributed by atoms with van der Waals surface area (Å²) >= 11 is 0. The minimum absolute atomic E-state index is 1.16. The van der Waals surface area contributed by atoms with E-state index >= 15 is 0 Å². The number of hydrogen-bond acceptors (Lipinski definition) is 0. The zero-order valence-electron chi connectivity index (χ0n) is 35.5. The van der Waals surface area contributed by atoms with Crippen LogP contribution in [0.2, 0.25) is 0 Å². The van der Waals surface area contributed by atoms with Crippen LogP contribution in [0.1, 0.15) is 0 Å². The van der Waals surface area contributed by atoms with Crippen molar-refractivity contribution in [1.29, 1.82) is 0 Å². The molecule has 0 atom stereocenters. The molecule has 1 nitrogen and oxygen atoms in total. The molecule has 14 rings (SSSR count). The number of rotatable bonds is 4. The smallest absolute Gasteiger partial charge is 0.0547 e. The molecule has 1 heteroatoms. The standard InChI is InChI=1S/C64H39N/c1-2-15-42(16-3-1)61-54-22-10-11-23-55(54)62(56-32-28-48(39-58(56)61)51-24-12-19-47-35-43-17-4-5-18-44(43)38-57(47)51)49-26-25-46-37-50(31-27-45(46)36-49)65-59-33-29-40-13-6-8-20-52(40)63(59)64-53-21-9-7-14-41(53)30-34-60(64)65/h1-39H. The maximum atomic E-state index is 2.47. The minimum Gasteiger partial charge on any atom is -0.309 e. The highest BCUT2D eigenvalue weighted by atomic mass is 15.0. The van der Waals surface area contributed by atoms with Crippen LogP contribution in [0.5, 0.6) is 0 Å². The van der Waals surface area contributed by atoms with Crippen molar-refractivity contribution in [3.63, 3.8) is 0 Å². The minimum atomic E-state index is 1.16. The lowest BCUT2D eigenvalue weighted by molar-refractivity contribution is 1.19. The van der Waals surface area contributed by atoms with E-state index in [0.29, 0.717) is 0 Å². The molecule has 0 fully saturated rings. The zero-order chi connectivity index (χ0) is 42.6. The Morgan fingerprint density at radius 1 is 0.231 bits per heavy atom. The highest BCUT2D eigenvalue weighted by Gasteiger charge is 2.20. The maximum absolute atomic E-state index is 2.47. The van der Waals surface area contributed by atoms with Gasteiger partial charge in [0.25, 0.3) is 0 Å². The molecule has 0 amide bonds. The molecular weight excluding hydrogens is 783 g/mol. The molecule has 0 bridgehead atoms. The molecular formula is C64H39N. The number of hydrogen-bond donors (Lipinski definition) is 0. The molecule has 0 aliphatic heterocycles. The Hall–Kier alpha value is -8.52. The van der Waals surface area contributed by atoms with Gasteiger partial charge in [-0.15, -0.1) is 0 Å². The van der Waals surface area contributed by atoms with Gasteiger partial charge in [-0.25, -0.2) is 0 Å². The predicted octanol–water partition coefficient (Wildman–Crippen LogP) is 17.9. The summed E-state index contributed by atoms with van der Waals surface area (Å²) < 4.78 is 2.47. The summed E-state index contributed by atoms with van der Waals surface area (Å²) in [5.74, 6) is 0. The Balaban J connectivity index is 0.981. The van der Waals surface area contributed by atoms with Crippen LogP contribution in [-0.2, 0) is 0 Å². The highest BCUT2D eigenvalue weighted by Crippen LogP contribution is 2.47. The van der Waals surface area contributed by atoms with E-state index in [1.54, 1.807) is 0 Å². The molecule has 300 valence electrons. The van der Waals surface area contributed by atoms with Gasteiger partial charge in [0.2, 0.25) is 0 Å². The topological polar surface area (TPSA) is 4.93 Å². The van der Waals surface area contributed by atoms with Crippen molar-refractivity contribution in [2.75, 3.05) is 0 Å². The third-order valence-corrected chi connectivity index (χ3v) is 14.1. The van der Waals surface area contributed by atoms with Crippen LogP contribution < -0.4 is 0 Å². The van der Waals surface area contributed by atoms with Gasteiger partial charge in [0.15, 0.2) is 0 Å². The van der Waals surface area contributed by atoms with Crippen molar-refractivity contribution in [3.05, 3.63) is 237 Å². The second kappa shape index (κ2) is 14.0. The molecule has 0 radical (unpaired) electrons. The van der Waals surface area contributed by atoms with Gasteiger partial charge in [-0.3, -0.25) is 0 Å². The molecule has 13 aromatic carbocycles. The summed E-state index contributed by atoms with van der Waals surface area (Å²) in [6, 6.07) is 88.0. The van der Waals surface area contributed by atoms with Gasteiger partial charge in [-0.2, -0.15) is 0 Å². The molecule has 0 saturated carbocycles. The summed E-state index contributed by atoms with van der Waals surface area (Å²) in [4.78, 5) is 0. The molecule has 1 heterocycles. The Kier molecular flexibility index (Phi) is 7.75. The quantitative estimate of drug-likeness (QED) is 0.156. The lowest BCUT2D eigenvalue weighted by atomic mass is 9.84. The van der Waals surface area contributed by atoms with Crippen LogP contribution in [-0.4, -0.2) is 4.57 Å². The first-order valence-corrected chi connectivity index (χ1v) is 22.6. The maximum Gasteiger partial charge on any atom is 0.0547 e. The van der Waals surface area contributed by atoms with E-state index < -0.39 is 0 Å². The van der Waals surface area contributed by atoms with E-state index in [2.05, 4.69) is 241 Å². The molecule has 65 heavy (non-hydrogen) atoms. The Morgan fingerprint density at radius 3 is 1.45 bits per heavy atom. The Morgan fingerprint density at radius 2 is 0.738 bits per heavy atom. The van der Waals surface area contributed by atoms with Crippen molar-refractivity contribution < 1.29 is 0 Å². The molecule has 1 aromatic heterocycles. The summed E-state index contributed by atoms with van der Waals surface area (Å²) in [6.45, 7) is 0. The van der Waals surface area contributed by atoms with E-state index in [4.69, 9.17) is 0 Å². The number of fused-ring (bicyclic) bond motifs is 12. The van der Waals surface area contributed by atoms with Gasteiger partial charge in [-0.05, 0) is 157 Å². The first-order valence-electron chi connectivity index (χ1n) is 22.6. The lowest BCUT2D eigenvalue weighted by Crippen LogP contribution is -1.94. The van der Waals surface area contributed by atoms with E-state index in [9.17, 15) is 0 Å². The molecule has 0 unspecified atom stereocenters. The van der Waals surface area contributed by atoms with Crippen molar-refractivity contribution in [2.24, 2.45) is 0 Å². The summed E-state index contributed by atoms with van der Waals surface area (Å²) in [5.41, 5.74) is 11.0. The zero-order valence-corrected chi connectivity index (χ0v) is 35.5. The number of nitrogens with zero attached hydrogens (tertiary/aromatic N) is 1. The van der Waals surface area contributed by atoms with Gasteiger partial charge in [0.1, 0.15) is 0 Å². The van der Waals surface area contributed by atoms with Crippen LogP contribution in [0.3, 0.4) is 0 Å². The van der Waals surface area contributed by atoms with Crippen LogP contribution in [0.4, 0.5) is 0 Å². The van der Waals surface area contributed by atoms with Gasteiger partial charge in [0, 0.05) is 16.5 Å². The first-order chi connectivity index (χ1) is 32.2. The Bertz CT molecular complexity index is 4190. The summed E-state index contributed by atoms with van der Waals surface area (Å²) in [5, 5.41) is 20.2. The van der Waals surface area contributed by atoms with Gasteiger partial charge in [-0.1, -0.05) is 188 Å². The summed E-state index contributed by atoms with van der Waals surface area (Å²) in [6.07, 6.45) is 0. The Labute approximate surface area is 375 Å². The van der Waals surface area contributed by atoms with Crippen LogP contribution in [0, 0.1) is 0 Å². The average Bonchev–Trinajstić information content (AvgIpc) is 3.72. The molecule has 0 saturated heterocycles. The fourth-order valence-corrected chi connectivity index (χ4v) is 11.1. The largest absolute Gasteiger partial charge is 0.309 e. The van der Waals surface area contributed by atoms with Crippen LogP contribution in [0.15, 0.2) is 237 Å². The van der Waals surface area contributed by atoms with Crippen LogP contribution in [0.25, 0.3) is 136 Å². The molecule has 0 N–H and O–H groups in total. The van der Waals surface area contributed by atoms with E-state index in [-0.39, 0.29) is 0 Å². The number of benzene rings is 13. The number of aromatic nitrogens is 1. The average molecular weight is 822 g/mol. The second-order valence-corrected chi connectivity index (χ2v) is 17.6. The van der Waals surface area contributed by atoms with Gasteiger partial charge < -0.3 is 4.57 Å². The predicted molar refractivity (Wildman–Crippen MR) is 280 cm³/mol. The van der Waals surface area contributed by atoms with Crippen molar-refractivity contribution >= 4 is 97.2 Å². The van der Waals surface area contributed by atoms with Crippen LogP contribution >= 0.6 is 0 Å². The SMILES string of the molecule is c1ccc(-c2c3ccccc3c(-c3ccc4cc(-n5c6ccc7ccccc7c6c6c7ccccc7ccc65)ccc4c3)c3ccc(-c4cccc5cc6ccccc6cc45)cc23)cc1. The fourth-order valence-electron chi connectivity index (χ4n) is 11.1. The van der Waals surface area contributed by atoms with Crippen molar-refractivity contribution in [2.45, 2.75) is 0 Å². The third-order valence-electron chi connectivity index (χ3n) is 14.1. The van der Waals surface area contributed by atoms with E-state index in [0.717, 1.165) is 5.69 Å². The van der Waals surface area contributed by atoms with Crippen molar-refractivity contribution in [3.8, 4) is 39.1 Å².